The Morgan fingerprint density at radius 3 is 2.83 bits per heavy atom. The lowest BCUT2D eigenvalue weighted by Crippen LogP contribution is -1.86. The van der Waals surface area contributed by atoms with Crippen LogP contribution in [0.1, 0.15) is 5.69 Å². The van der Waals surface area contributed by atoms with Crippen LogP contribution in [0.4, 0.5) is 10.2 Å². The molecule has 1 aromatic heterocycles. The molecule has 62 valence electrons. The van der Waals surface area contributed by atoms with Crippen LogP contribution < -0.4 is 5.73 Å². The average molecular weight is 164 g/mol. The summed E-state index contributed by atoms with van der Waals surface area (Å²) in [6.45, 7) is 1.71. The maximum atomic E-state index is 13.2. The fourth-order valence-electron chi connectivity index (χ4n) is 1.35. The van der Waals surface area contributed by atoms with E-state index in [0.29, 0.717) is 21.7 Å². The summed E-state index contributed by atoms with van der Waals surface area (Å²) in [5.41, 5.74) is 7.38. The number of halogens is 1. The van der Waals surface area contributed by atoms with Crippen LogP contribution in [0.15, 0.2) is 24.3 Å². The molecule has 0 aliphatic heterocycles. The molecule has 0 aliphatic rings. The van der Waals surface area contributed by atoms with Crippen molar-refractivity contribution in [2.45, 2.75) is 6.92 Å². The average Bonchev–Trinajstić information content (AvgIpc) is 2.32. The van der Waals surface area contributed by atoms with Gasteiger partial charge >= 0.3 is 0 Å². The normalized spacial score (nSPS) is 10.8. The maximum absolute atomic E-state index is 13.2. The smallest absolute Gasteiger partial charge is 0.0836 e. The van der Waals surface area contributed by atoms with E-state index in [-0.39, 0.29) is 0 Å². The molecule has 0 atom stereocenters. The summed E-state index contributed by atoms with van der Waals surface area (Å²) in [5.74, 6) is 0. The predicted molar refractivity (Wildman–Crippen MR) is 47.6 cm³/mol. The number of hydrogen-bond donors (Lipinski definition) is 1. The van der Waals surface area contributed by atoms with Crippen molar-refractivity contribution in [2.24, 2.45) is 0 Å². The Hall–Kier alpha value is -1.51. The number of fused-ring (bicyclic) bond motifs is 1. The topological polar surface area (TPSA) is 30.9 Å². The summed E-state index contributed by atoms with van der Waals surface area (Å²) in [6.07, 6.45) is 0. The monoisotopic (exact) mass is 164 g/mol. The molecule has 0 aliphatic carbocycles. The van der Waals surface area contributed by atoms with E-state index in [1.54, 1.807) is 31.2 Å². The molecule has 0 radical (unpaired) electrons. The van der Waals surface area contributed by atoms with Crippen LogP contribution in [-0.4, -0.2) is 4.79 Å². The quantitative estimate of drug-likeness (QED) is 0.595. The van der Waals surface area contributed by atoms with E-state index in [1.807, 2.05) is 0 Å². The Morgan fingerprint density at radius 2 is 2.17 bits per heavy atom. The summed E-state index contributed by atoms with van der Waals surface area (Å²) in [6, 6.07) is 6.96. The highest BCUT2D eigenvalue weighted by atomic mass is 19.2. The number of nitrogens with two attached hydrogens (primary N) is 1. The van der Waals surface area contributed by atoms with Crippen molar-refractivity contribution in [2.75, 3.05) is 5.73 Å². The van der Waals surface area contributed by atoms with Crippen LogP contribution >= 0.6 is 0 Å². The molecule has 2 N–H and O–H groups in total. The van der Waals surface area contributed by atoms with Gasteiger partial charge in [0.2, 0.25) is 0 Å². The molecule has 0 bridgehead atoms. The molecule has 0 amide bonds. The fraction of sp³-hybridized carbons (Fsp3) is 0.111. The van der Waals surface area contributed by atoms with E-state index in [9.17, 15) is 4.48 Å². The Morgan fingerprint density at radius 1 is 1.42 bits per heavy atom. The molecule has 0 spiro atoms. The standard InChI is InChI=1S/C9H9FN2/c1-6-5-7-8(11)3-2-4-9(7)12(6)10/h2-5H,11H2,1H3. The second kappa shape index (κ2) is 2.24. The molecule has 1 heterocycles. The van der Waals surface area contributed by atoms with Gasteiger partial charge in [0, 0.05) is 16.8 Å². The first-order valence-corrected chi connectivity index (χ1v) is 3.73. The molecule has 2 nitrogen and oxygen atoms in total. The highest BCUT2D eigenvalue weighted by Gasteiger charge is 2.05. The van der Waals surface area contributed by atoms with Gasteiger partial charge in [0.05, 0.1) is 5.52 Å². The van der Waals surface area contributed by atoms with Crippen molar-refractivity contribution in [1.29, 1.82) is 0 Å². The van der Waals surface area contributed by atoms with Gasteiger partial charge in [0.25, 0.3) is 0 Å². The van der Waals surface area contributed by atoms with Gasteiger partial charge in [0.1, 0.15) is 0 Å². The van der Waals surface area contributed by atoms with Crippen LogP contribution in [0, 0.1) is 6.92 Å². The molecule has 0 saturated carbocycles. The summed E-state index contributed by atoms with van der Waals surface area (Å²) in [4.78, 5) is 0.645. The van der Waals surface area contributed by atoms with Gasteiger partial charge in [-0.05, 0) is 25.1 Å². The molecular weight excluding hydrogens is 155 g/mol. The molecule has 0 saturated heterocycles. The Kier molecular flexibility index (Phi) is 1.33. The van der Waals surface area contributed by atoms with Gasteiger partial charge in [0.15, 0.2) is 0 Å². The predicted octanol–water partition coefficient (Wildman–Crippen LogP) is 2.26. The third kappa shape index (κ3) is 0.794. The highest BCUT2D eigenvalue weighted by molar-refractivity contribution is 5.91. The van der Waals surface area contributed by atoms with Gasteiger partial charge in [-0.1, -0.05) is 10.5 Å². The second-order valence-electron chi connectivity index (χ2n) is 2.85. The Bertz CT molecular complexity index is 431. The van der Waals surface area contributed by atoms with E-state index in [4.69, 9.17) is 5.73 Å². The van der Waals surface area contributed by atoms with Crippen LogP contribution in [-0.2, 0) is 0 Å². The number of aromatic nitrogens is 1. The van der Waals surface area contributed by atoms with Crippen LogP contribution in [0.25, 0.3) is 10.9 Å². The van der Waals surface area contributed by atoms with Crippen molar-refractivity contribution >= 4 is 16.6 Å². The second-order valence-corrected chi connectivity index (χ2v) is 2.85. The molecule has 2 aromatic rings. The lowest BCUT2D eigenvalue weighted by Gasteiger charge is -1.95. The molecule has 12 heavy (non-hydrogen) atoms. The van der Waals surface area contributed by atoms with Crippen molar-refractivity contribution < 1.29 is 4.48 Å². The Balaban J connectivity index is 2.95. The SMILES string of the molecule is Cc1cc2c(N)cccc2n1F. The van der Waals surface area contributed by atoms with Crippen molar-refractivity contribution in [3.05, 3.63) is 30.0 Å². The zero-order valence-electron chi connectivity index (χ0n) is 6.71. The van der Waals surface area contributed by atoms with E-state index < -0.39 is 0 Å². The maximum Gasteiger partial charge on any atom is 0.0836 e. The molecule has 1 aromatic carbocycles. The lowest BCUT2D eigenvalue weighted by molar-refractivity contribution is 0.378. The zero-order valence-corrected chi connectivity index (χ0v) is 6.71. The molecule has 3 heteroatoms. The van der Waals surface area contributed by atoms with Gasteiger partial charge < -0.3 is 5.73 Å². The minimum absolute atomic E-state index is 0.535. The zero-order chi connectivity index (χ0) is 8.72. The van der Waals surface area contributed by atoms with Crippen molar-refractivity contribution in [1.82, 2.24) is 4.79 Å². The number of aryl methyl sites for hydroxylation is 1. The summed E-state index contributed by atoms with van der Waals surface area (Å²) in [7, 11) is 0. The minimum atomic E-state index is 0.535. The van der Waals surface area contributed by atoms with Crippen LogP contribution in [0.2, 0.25) is 0 Å². The number of benzene rings is 1. The van der Waals surface area contributed by atoms with E-state index in [2.05, 4.69) is 0 Å². The van der Waals surface area contributed by atoms with E-state index in [0.717, 1.165) is 5.39 Å². The third-order valence-corrected chi connectivity index (χ3v) is 1.99. The first-order chi connectivity index (χ1) is 5.70. The van der Waals surface area contributed by atoms with E-state index in [1.165, 1.54) is 0 Å². The first-order valence-electron chi connectivity index (χ1n) is 3.73. The fourth-order valence-corrected chi connectivity index (χ4v) is 1.35. The van der Waals surface area contributed by atoms with Gasteiger partial charge in [-0.3, -0.25) is 0 Å². The number of hydrogen-bond acceptors (Lipinski definition) is 1. The number of nitrogens with zero attached hydrogens (tertiary/aromatic N) is 1. The summed E-state index contributed by atoms with van der Waals surface area (Å²) >= 11 is 0. The molecule has 0 unspecified atom stereocenters. The lowest BCUT2D eigenvalue weighted by atomic mass is 10.2. The van der Waals surface area contributed by atoms with Crippen molar-refractivity contribution in [3.63, 3.8) is 0 Å². The van der Waals surface area contributed by atoms with Crippen LogP contribution in [0.5, 0.6) is 0 Å². The number of anilines is 1. The molecular formula is C9H9FN2. The first kappa shape index (κ1) is 7.16. The van der Waals surface area contributed by atoms with E-state index >= 15 is 0 Å². The Labute approximate surface area is 69.3 Å². The number of rotatable bonds is 0. The summed E-state index contributed by atoms with van der Waals surface area (Å²) < 4.78 is 13.2. The molecule has 2 rings (SSSR count). The third-order valence-electron chi connectivity index (χ3n) is 1.99. The largest absolute Gasteiger partial charge is 0.398 e. The van der Waals surface area contributed by atoms with Gasteiger partial charge in [-0.2, -0.15) is 4.79 Å². The summed E-state index contributed by atoms with van der Waals surface area (Å²) in [5, 5.41) is 0.775. The highest BCUT2D eigenvalue weighted by Crippen LogP contribution is 2.24. The minimum Gasteiger partial charge on any atom is -0.398 e. The molecule has 0 fully saturated rings. The van der Waals surface area contributed by atoms with Gasteiger partial charge in [-0.25, -0.2) is 0 Å². The van der Waals surface area contributed by atoms with Crippen molar-refractivity contribution in [3.8, 4) is 0 Å². The van der Waals surface area contributed by atoms with Crippen LogP contribution in [0.3, 0.4) is 0 Å². The number of nitrogen functional groups attached to an aromatic ring is 1. The van der Waals surface area contributed by atoms with Gasteiger partial charge in [-0.15, -0.1) is 0 Å².